The number of fused-ring (bicyclic) bond motifs is 1. The molecule has 0 spiro atoms. The van der Waals surface area contributed by atoms with Crippen LogP contribution >= 0.6 is 22.7 Å². The van der Waals surface area contributed by atoms with Gasteiger partial charge in [0.25, 0.3) is 0 Å². The first-order valence-corrected chi connectivity index (χ1v) is 11.4. The summed E-state index contributed by atoms with van der Waals surface area (Å²) in [5.41, 5.74) is 3.49. The molecule has 0 saturated carbocycles. The van der Waals surface area contributed by atoms with E-state index in [1.807, 2.05) is 41.1 Å². The molecule has 1 N–H and O–H groups in total. The minimum atomic E-state index is -0.128. The fourth-order valence-electron chi connectivity index (χ4n) is 3.47. The van der Waals surface area contributed by atoms with Crippen LogP contribution in [0.4, 0.5) is 11.6 Å². The van der Waals surface area contributed by atoms with Crippen LogP contribution < -0.4 is 10.2 Å². The molecular weight excluding hydrogens is 402 g/mol. The third-order valence-electron chi connectivity index (χ3n) is 4.88. The number of hydrogen-bond acceptors (Lipinski definition) is 7. The molecular formula is C21H19N5OS2. The second-order valence-electron chi connectivity index (χ2n) is 6.96. The van der Waals surface area contributed by atoms with Gasteiger partial charge in [-0.15, -0.1) is 11.3 Å². The van der Waals surface area contributed by atoms with Crippen molar-refractivity contribution in [2.45, 2.75) is 19.3 Å². The lowest BCUT2D eigenvalue weighted by Gasteiger charge is -2.20. The molecule has 1 aromatic carbocycles. The molecule has 6 nitrogen and oxygen atoms in total. The molecule has 0 unspecified atom stereocenters. The van der Waals surface area contributed by atoms with Gasteiger partial charge in [-0.2, -0.15) is 11.3 Å². The van der Waals surface area contributed by atoms with E-state index in [2.05, 4.69) is 20.6 Å². The van der Waals surface area contributed by atoms with Crippen LogP contribution in [0, 0.1) is 0 Å². The van der Waals surface area contributed by atoms with Crippen LogP contribution in [0.2, 0.25) is 0 Å². The summed E-state index contributed by atoms with van der Waals surface area (Å²) >= 11 is 3.20. The van der Waals surface area contributed by atoms with Gasteiger partial charge in [-0.05, 0) is 36.4 Å². The van der Waals surface area contributed by atoms with Crippen LogP contribution in [0.1, 0.15) is 18.5 Å². The highest BCUT2D eigenvalue weighted by molar-refractivity contribution is 7.14. The number of nitrogens with one attached hydrogen (secondary N) is 1. The van der Waals surface area contributed by atoms with Crippen molar-refractivity contribution in [3.8, 4) is 10.6 Å². The Bertz CT molecular complexity index is 1150. The molecule has 4 heterocycles. The highest BCUT2D eigenvalue weighted by atomic mass is 32.1. The van der Waals surface area contributed by atoms with Crippen LogP contribution in [0.15, 0.2) is 46.5 Å². The maximum atomic E-state index is 12.8. The number of nitrogens with zero attached hydrogens (tertiary/aromatic N) is 4. The standard InChI is InChI=1S/C21H19N5OS2/c27-18(11-15-13-29-21(22-15)14-7-10-28-12-14)25-19-20(26-8-3-4-9-26)24-17-6-2-1-5-16(17)23-19/h1-2,5-7,10,12-13H,3-4,8-9,11H2,(H,23,25,27). The van der Waals surface area contributed by atoms with E-state index in [1.165, 1.54) is 0 Å². The van der Waals surface area contributed by atoms with Crippen LogP contribution in [-0.4, -0.2) is 33.9 Å². The summed E-state index contributed by atoms with van der Waals surface area (Å²) in [5, 5.41) is 9.97. The van der Waals surface area contributed by atoms with Crippen molar-refractivity contribution in [3.05, 3.63) is 52.2 Å². The first kappa shape index (κ1) is 18.2. The Labute approximate surface area is 176 Å². The number of carbonyl (C=O) groups is 1. The Balaban J connectivity index is 1.39. The number of para-hydroxylation sites is 2. The summed E-state index contributed by atoms with van der Waals surface area (Å²) < 4.78 is 0. The number of aromatic nitrogens is 3. The Morgan fingerprint density at radius 2 is 1.83 bits per heavy atom. The summed E-state index contributed by atoms with van der Waals surface area (Å²) in [7, 11) is 0. The molecule has 1 saturated heterocycles. The van der Waals surface area contributed by atoms with E-state index in [0.717, 1.165) is 59.0 Å². The number of thiazole rings is 1. The SMILES string of the molecule is O=C(Cc1csc(-c2ccsc2)n1)Nc1nc2ccccc2nc1N1CCCC1. The Morgan fingerprint density at radius 3 is 2.59 bits per heavy atom. The van der Waals surface area contributed by atoms with Crippen molar-refractivity contribution in [2.24, 2.45) is 0 Å². The molecule has 1 amide bonds. The Morgan fingerprint density at radius 1 is 1.03 bits per heavy atom. The van der Waals surface area contributed by atoms with E-state index in [-0.39, 0.29) is 12.3 Å². The zero-order chi connectivity index (χ0) is 19.6. The highest BCUT2D eigenvalue weighted by Gasteiger charge is 2.21. The molecule has 1 fully saturated rings. The Kier molecular flexibility index (Phi) is 4.95. The van der Waals surface area contributed by atoms with Gasteiger partial charge in [0, 0.05) is 29.4 Å². The molecule has 0 radical (unpaired) electrons. The summed E-state index contributed by atoms with van der Waals surface area (Å²) in [6.45, 7) is 1.87. The van der Waals surface area contributed by atoms with E-state index in [0.29, 0.717) is 5.82 Å². The van der Waals surface area contributed by atoms with Gasteiger partial charge < -0.3 is 10.2 Å². The minimum absolute atomic E-state index is 0.128. The van der Waals surface area contributed by atoms with Crippen molar-refractivity contribution in [1.82, 2.24) is 15.0 Å². The predicted molar refractivity (Wildman–Crippen MR) is 119 cm³/mol. The van der Waals surface area contributed by atoms with E-state index in [1.54, 1.807) is 22.7 Å². The van der Waals surface area contributed by atoms with Crippen molar-refractivity contribution >= 4 is 51.2 Å². The smallest absolute Gasteiger partial charge is 0.231 e. The van der Waals surface area contributed by atoms with Crippen LogP contribution in [0.5, 0.6) is 0 Å². The van der Waals surface area contributed by atoms with Crippen molar-refractivity contribution in [3.63, 3.8) is 0 Å². The topological polar surface area (TPSA) is 71.0 Å². The maximum Gasteiger partial charge on any atom is 0.231 e. The number of amides is 1. The monoisotopic (exact) mass is 421 g/mol. The first-order valence-electron chi connectivity index (χ1n) is 9.55. The lowest BCUT2D eigenvalue weighted by molar-refractivity contribution is -0.115. The lowest BCUT2D eigenvalue weighted by Crippen LogP contribution is -2.24. The van der Waals surface area contributed by atoms with Gasteiger partial charge in [-0.1, -0.05) is 12.1 Å². The molecule has 1 aliphatic heterocycles. The number of benzene rings is 1. The molecule has 1 aliphatic rings. The molecule has 0 atom stereocenters. The van der Waals surface area contributed by atoms with E-state index >= 15 is 0 Å². The number of anilines is 2. The van der Waals surface area contributed by atoms with Gasteiger partial charge >= 0.3 is 0 Å². The van der Waals surface area contributed by atoms with Gasteiger partial charge in [-0.25, -0.2) is 15.0 Å². The van der Waals surface area contributed by atoms with Crippen LogP contribution in [0.25, 0.3) is 21.6 Å². The first-order chi connectivity index (χ1) is 14.3. The van der Waals surface area contributed by atoms with Crippen LogP contribution in [0.3, 0.4) is 0 Å². The van der Waals surface area contributed by atoms with Crippen molar-refractivity contribution in [1.29, 1.82) is 0 Å². The number of hydrogen-bond donors (Lipinski definition) is 1. The molecule has 5 rings (SSSR count). The van der Waals surface area contributed by atoms with Gasteiger partial charge in [0.2, 0.25) is 5.91 Å². The number of rotatable bonds is 5. The highest BCUT2D eigenvalue weighted by Crippen LogP contribution is 2.29. The van der Waals surface area contributed by atoms with Gasteiger partial charge in [-0.3, -0.25) is 4.79 Å². The van der Waals surface area contributed by atoms with E-state index < -0.39 is 0 Å². The second-order valence-corrected chi connectivity index (χ2v) is 8.60. The average Bonchev–Trinajstić information content (AvgIpc) is 3.49. The summed E-state index contributed by atoms with van der Waals surface area (Å²) in [5.74, 6) is 1.16. The normalized spacial score (nSPS) is 13.9. The lowest BCUT2D eigenvalue weighted by atomic mass is 10.3. The van der Waals surface area contributed by atoms with Crippen molar-refractivity contribution in [2.75, 3.05) is 23.3 Å². The largest absolute Gasteiger partial charge is 0.354 e. The quantitative estimate of drug-likeness (QED) is 0.510. The summed E-state index contributed by atoms with van der Waals surface area (Å²) in [6.07, 6.45) is 2.48. The third kappa shape index (κ3) is 3.86. The summed E-state index contributed by atoms with van der Waals surface area (Å²) in [6, 6.07) is 9.80. The van der Waals surface area contributed by atoms with Crippen LogP contribution in [-0.2, 0) is 11.2 Å². The third-order valence-corrected chi connectivity index (χ3v) is 6.50. The molecule has 29 heavy (non-hydrogen) atoms. The zero-order valence-corrected chi connectivity index (χ0v) is 17.3. The molecule has 8 heteroatoms. The molecule has 3 aromatic heterocycles. The predicted octanol–water partition coefficient (Wildman–Crippen LogP) is 4.60. The van der Waals surface area contributed by atoms with Gasteiger partial charge in [0.15, 0.2) is 11.6 Å². The number of carbonyl (C=O) groups excluding carboxylic acids is 1. The molecule has 0 aliphatic carbocycles. The fourth-order valence-corrected chi connectivity index (χ4v) is 5.00. The van der Waals surface area contributed by atoms with Crippen molar-refractivity contribution < 1.29 is 4.79 Å². The van der Waals surface area contributed by atoms with Gasteiger partial charge in [0.1, 0.15) is 5.01 Å². The Hall–Kier alpha value is -2.84. The average molecular weight is 422 g/mol. The fraction of sp³-hybridized carbons (Fsp3) is 0.238. The van der Waals surface area contributed by atoms with E-state index in [4.69, 9.17) is 9.97 Å². The molecule has 146 valence electrons. The van der Waals surface area contributed by atoms with E-state index in [9.17, 15) is 4.79 Å². The summed E-state index contributed by atoms with van der Waals surface area (Å²) in [4.78, 5) is 29.0. The van der Waals surface area contributed by atoms with Gasteiger partial charge in [0.05, 0.1) is 23.1 Å². The maximum absolute atomic E-state index is 12.8. The second kappa shape index (κ2) is 7.88. The number of thiophene rings is 1. The zero-order valence-electron chi connectivity index (χ0n) is 15.7. The minimum Gasteiger partial charge on any atom is -0.354 e. The molecule has 0 bridgehead atoms. The molecule has 4 aromatic rings.